The summed E-state index contributed by atoms with van der Waals surface area (Å²) in [6.45, 7) is 6.13. The number of halogens is 2. The van der Waals surface area contributed by atoms with E-state index in [0.29, 0.717) is 17.6 Å². The van der Waals surface area contributed by atoms with E-state index < -0.39 is 5.92 Å². The third-order valence-corrected chi connectivity index (χ3v) is 7.04. The quantitative estimate of drug-likeness (QED) is 0.361. The second kappa shape index (κ2) is 9.44. The molecule has 36 heavy (non-hydrogen) atoms. The van der Waals surface area contributed by atoms with Crippen LogP contribution < -0.4 is 9.80 Å². The topological polar surface area (TPSA) is 93.2 Å². The van der Waals surface area contributed by atoms with Crippen LogP contribution in [0.5, 0.6) is 0 Å². The van der Waals surface area contributed by atoms with Gasteiger partial charge < -0.3 is 9.80 Å². The summed E-state index contributed by atoms with van der Waals surface area (Å²) < 4.78 is 28.9. The van der Waals surface area contributed by atoms with Gasteiger partial charge in [-0.1, -0.05) is 6.92 Å². The molecule has 0 radical (unpaired) electrons. The summed E-state index contributed by atoms with van der Waals surface area (Å²) in [6.07, 6.45) is 5.16. The first-order valence-electron chi connectivity index (χ1n) is 12.3. The molecule has 0 N–H and O–H groups in total. The first-order valence-corrected chi connectivity index (χ1v) is 12.3. The fourth-order valence-electron chi connectivity index (χ4n) is 4.78. The SMILES string of the molecule is Cc1cc(-c2cnn(-c3ccc([N+](=O)[O-])cc3N3CCC(C)CC3)c2)nc(N2CCC(F)(F)CC2)n1. The molecule has 2 aromatic heterocycles. The molecule has 2 fully saturated rings. The molecular formula is C25H29F2N7O2. The molecule has 3 aromatic rings. The van der Waals surface area contributed by atoms with Crippen LogP contribution in [0.3, 0.4) is 0 Å². The second-order valence-electron chi connectivity index (χ2n) is 9.81. The number of alkyl halides is 2. The first kappa shape index (κ1) is 24.1. The van der Waals surface area contributed by atoms with Crippen molar-refractivity contribution in [1.82, 2.24) is 19.7 Å². The zero-order valence-corrected chi connectivity index (χ0v) is 20.4. The number of hydrogen-bond donors (Lipinski definition) is 0. The van der Waals surface area contributed by atoms with E-state index in [4.69, 9.17) is 0 Å². The Bertz CT molecular complexity index is 1260. The van der Waals surface area contributed by atoms with Crippen LogP contribution in [0, 0.1) is 23.0 Å². The van der Waals surface area contributed by atoms with Gasteiger partial charge in [0, 0.05) is 68.6 Å². The molecule has 190 valence electrons. The Morgan fingerprint density at radius 3 is 2.44 bits per heavy atom. The fraction of sp³-hybridized carbons (Fsp3) is 0.480. The lowest BCUT2D eigenvalue weighted by atomic mass is 9.98. The second-order valence-corrected chi connectivity index (χ2v) is 9.81. The summed E-state index contributed by atoms with van der Waals surface area (Å²) >= 11 is 0. The van der Waals surface area contributed by atoms with E-state index >= 15 is 0 Å². The van der Waals surface area contributed by atoms with E-state index in [1.165, 1.54) is 6.07 Å². The molecule has 2 aliphatic rings. The van der Waals surface area contributed by atoms with Crippen molar-refractivity contribution in [2.45, 2.75) is 45.5 Å². The lowest BCUT2D eigenvalue weighted by Gasteiger charge is -2.33. The van der Waals surface area contributed by atoms with E-state index in [1.54, 1.807) is 27.9 Å². The molecule has 0 atom stereocenters. The number of nitro benzene ring substituents is 1. The Morgan fingerprint density at radius 1 is 1.03 bits per heavy atom. The molecule has 11 heteroatoms. The number of hydrogen-bond acceptors (Lipinski definition) is 7. The zero-order valence-electron chi connectivity index (χ0n) is 20.4. The van der Waals surface area contributed by atoms with Crippen molar-refractivity contribution in [3.8, 4) is 16.9 Å². The molecule has 0 aliphatic carbocycles. The molecule has 2 saturated heterocycles. The highest BCUT2D eigenvalue weighted by atomic mass is 19.3. The van der Waals surface area contributed by atoms with Gasteiger partial charge in [0.2, 0.25) is 5.95 Å². The van der Waals surface area contributed by atoms with Crippen LogP contribution in [0.1, 0.15) is 38.3 Å². The first-order chi connectivity index (χ1) is 17.2. The van der Waals surface area contributed by atoms with E-state index in [1.807, 2.05) is 19.2 Å². The third-order valence-electron chi connectivity index (χ3n) is 7.04. The Kier molecular flexibility index (Phi) is 6.31. The summed E-state index contributed by atoms with van der Waals surface area (Å²) in [6, 6.07) is 6.68. The lowest BCUT2D eigenvalue weighted by molar-refractivity contribution is -0.384. The van der Waals surface area contributed by atoms with Crippen LogP contribution >= 0.6 is 0 Å². The van der Waals surface area contributed by atoms with Gasteiger partial charge in [0.1, 0.15) is 0 Å². The van der Waals surface area contributed by atoms with Gasteiger partial charge in [-0.3, -0.25) is 10.1 Å². The van der Waals surface area contributed by atoms with Gasteiger partial charge >= 0.3 is 0 Å². The molecule has 0 amide bonds. The highest BCUT2D eigenvalue weighted by Crippen LogP contribution is 2.34. The number of non-ortho nitro benzene ring substituents is 1. The molecule has 4 heterocycles. The predicted octanol–water partition coefficient (Wildman–Crippen LogP) is 5.02. The van der Waals surface area contributed by atoms with Crippen molar-refractivity contribution < 1.29 is 13.7 Å². The van der Waals surface area contributed by atoms with Gasteiger partial charge in [-0.25, -0.2) is 23.4 Å². The summed E-state index contributed by atoms with van der Waals surface area (Å²) in [5.41, 5.74) is 3.71. The summed E-state index contributed by atoms with van der Waals surface area (Å²) in [7, 11) is 0. The number of nitro groups is 1. The van der Waals surface area contributed by atoms with Crippen LogP contribution in [-0.2, 0) is 0 Å². The van der Waals surface area contributed by atoms with Gasteiger partial charge in [-0.2, -0.15) is 5.10 Å². The van der Waals surface area contributed by atoms with Crippen molar-refractivity contribution in [3.63, 3.8) is 0 Å². The van der Waals surface area contributed by atoms with Crippen LogP contribution in [0.2, 0.25) is 0 Å². The number of rotatable bonds is 5. The Labute approximate surface area is 207 Å². The molecule has 0 bridgehead atoms. The fourth-order valence-corrected chi connectivity index (χ4v) is 4.78. The lowest BCUT2D eigenvalue weighted by Crippen LogP contribution is -2.40. The van der Waals surface area contributed by atoms with E-state index in [9.17, 15) is 18.9 Å². The van der Waals surface area contributed by atoms with Crippen molar-refractivity contribution in [1.29, 1.82) is 0 Å². The predicted molar refractivity (Wildman–Crippen MR) is 133 cm³/mol. The smallest absolute Gasteiger partial charge is 0.271 e. The molecule has 2 aliphatic heterocycles. The maximum absolute atomic E-state index is 13.6. The number of nitrogens with zero attached hydrogens (tertiary/aromatic N) is 7. The molecule has 1 aromatic carbocycles. The summed E-state index contributed by atoms with van der Waals surface area (Å²) in [5.74, 6) is -1.58. The monoisotopic (exact) mass is 497 g/mol. The zero-order chi connectivity index (χ0) is 25.4. The Hall–Kier alpha value is -3.63. The van der Waals surface area contributed by atoms with Crippen LogP contribution in [-0.4, -0.2) is 56.8 Å². The van der Waals surface area contributed by atoms with E-state index in [2.05, 4.69) is 26.9 Å². The minimum atomic E-state index is -2.64. The highest BCUT2D eigenvalue weighted by molar-refractivity contribution is 5.68. The van der Waals surface area contributed by atoms with Crippen molar-refractivity contribution in [3.05, 3.63) is 52.5 Å². The normalized spacial score (nSPS) is 18.4. The Balaban J connectivity index is 1.46. The number of piperidine rings is 2. The highest BCUT2D eigenvalue weighted by Gasteiger charge is 2.35. The largest absolute Gasteiger partial charge is 0.370 e. The van der Waals surface area contributed by atoms with E-state index in [0.717, 1.165) is 48.6 Å². The van der Waals surface area contributed by atoms with Gasteiger partial charge in [-0.05, 0) is 37.8 Å². The summed E-state index contributed by atoms with van der Waals surface area (Å²) in [4.78, 5) is 24.2. The average molecular weight is 498 g/mol. The number of aryl methyl sites for hydroxylation is 1. The number of anilines is 2. The number of benzene rings is 1. The van der Waals surface area contributed by atoms with Crippen molar-refractivity contribution in [2.75, 3.05) is 36.0 Å². The van der Waals surface area contributed by atoms with Crippen molar-refractivity contribution >= 4 is 17.3 Å². The van der Waals surface area contributed by atoms with Gasteiger partial charge in [0.15, 0.2) is 0 Å². The van der Waals surface area contributed by atoms with E-state index in [-0.39, 0.29) is 36.5 Å². The third kappa shape index (κ3) is 5.00. The Morgan fingerprint density at radius 2 is 1.75 bits per heavy atom. The maximum atomic E-state index is 13.6. The molecule has 9 nitrogen and oxygen atoms in total. The van der Waals surface area contributed by atoms with Gasteiger partial charge in [0.05, 0.1) is 28.2 Å². The van der Waals surface area contributed by atoms with Crippen LogP contribution in [0.4, 0.5) is 26.1 Å². The molecular weight excluding hydrogens is 468 g/mol. The minimum Gasteiger partial charge on any atom is -0.370 e. The average Bonchev–Trinajstić information content (AvgIpc) is 3.34. The standard InChI is InChI=1S/C25H29F2N7O2/c1-17-5-9-31(10-6-17)23-14-20(34(35)36)3-4-22(23)33-16-19(15-28-33)21-13-18(2)29-24(30-21)32-11-7-25(26,27)8-12-32/h3-4,13-17H,5-12H2,1-2H3. The molecule has 0 spiro atoms. The van der Waals surface area contributed by atoms with Crippen LogP contribution in [0.25, 0.3) is 16.9 Å². The summed E-state index contributed by atoms with van der Waals surface area (Å²) in [5, 5.41) is 16.0. The van der Waals surface area contributed by atoms with Crippen molar-refractivity contribution in [2.24, 2.45) is 5.92 Å². The molecule has 0 saturated carbocycles. The molecule has 5 rings (SSSR count). The van der Waals surface area contributed by atoms with Gasteiger partial charge in [-0.15, -0.1) is 0 Å². The minimum absolute atomic E-state index is 0.0444. The van der Waals surface area contributed by atoms with Crippen LogP contribution in [0.15, 0.2) is 36.7 Å². The molecule has 0 unspecified atom stereocenters. The van der Waals surface area contributed by atoms with Gasteiger partial charge in [0.25, 0.3) is 11.6 Å². The maximum Gasteiger partial charge on any atom is 0.271 e. The number of aromatic nitrogens is 4.